The summed E-state index contributed by atoms with van der Waals surface area (Å²) in [6.07, 6.45) is -6.99. The van der Waals surface area contributed by atoms with Crippen LogP contribution in [0.2, 0.25) is 0 Å². The first kappa shape index (κ1) is 30.9. The smallest absolute Gasteiger partial charge is 0.364 e. The van der Waals surface area contributed by atoms with E-state index in [-0.39, 0.29) is 23.4 Å². The van der Waals surface area contributed by atoms with Gasteiger partial charge in [-0.15, -0.1) is 0 Å². The van der Waals surface area contributed by atoms with Crippen molar-refractivity contribution in [1.82, 2.24) is 25.0 Å². The first-order valence-electron chi connectivity index (χ1n) is 10.9. The highest BCUT2D eigenvalue weighted by molar-refractivity contribution is 7.53. The fourth-order valence-electron chi connectivity index (χ4n) is 2.77. The second kappa shape index (κ2) is 13.5. The van der Waals surface area contributed by atoms with E-state index >= 15 is 0 Å². The highest BCUT2D eigenvalue weighted by Crippen LogP contribution is 2.50. The molecule has 2 heterocycles. The van der Waals surface area contributed by atoms with Crippen molar-refractivity contribution in [3.05, 3.63) is 18.3 Å². The predicted octanol–water partition coefficient (Wildman–Crippen LogP) is 4.39. The maximum absolute atomic E-state index is 12.4. The Morgan fingerprint density at radius 2 is 1.73 bits per heavy atom. The largest absolute Gasteiger partial charge is 0.412 e. The minimum absolute atomic E-state index is 0.0827. The van der Waals surface area contributed by atoms with Crippen molar-refractivity contribution in [2.45, 2.75) is 58.1 Å². The zero-order chi connectivity index (χ0) is 27.7. The van der Waals surface area contributed by atoms with Crippen molar-refractivity contribution >= 4 is 24.7 Å². The number of alkyl halides is 6. The second-order valence-corrected chi connectivity index (χ2v) is 9.77. The second-order valence-electron chi connectivity index (χ2n) is 7.77. The van der Waals surface area contributed by atoms with Gasteiger partial charge in [-0.2, -0.15) is 26.3 Å². The van der Waals surface area contributed by atoms with E-state index in [2.05, 4.69) is 29.5 Å². The lowest BCUT2D eigenvalue weighted by molar-refractivity contribution is -0.166. The van der Waals surface area contributed by atoms with Crippen molar-refractivity contribution < 1.29 is 54.3 Å². The van der Waals surface area contributed by atoms with Crippen molar-refractivity contribution in [3.8, 4) is 0 Å². The van der Waals surface area contributed by atoms with Gasteiger partial charge in [-0.1, -0.05) is 19.8 Å². The lowest BCUT2D eigenvalue weighted by atomic mass is 10.3. The van der Waals surface area contributed by atoms with Crippen molar-refractivity contribution in [3.63, 3.8) is 0 Å². The molecule has 0 aliphatic carbocycles. The molecule has 1 amide bonds. The lowest BCUT2D eigenvalue weighted by Crippen LogP contribution is -2.25. The molecule has 1 N–H and O–H groups in total. The minimum Gasteiger partial charge on any atom is -0.364 e. The van der Waals surface area contributed by atoms with Crippen molar-refractivity contribution in [2.75, 3.05) is 26.2 Å². The number of amides is 1. The Kier molecular flexibility index (Phi) is 11.2. The third kappa shape index (κ3) is 10.9. The summed E-state index contributed by atoms with van der Waals surface area (Å²) in [5.74, 6) is -0.664. The van der Waals surface area contributed by atoms with Gasteiger partial charge < -0.3 is 9.30 Å². The van der Waals surface area contributed by atoms with Gasteiger partial charge in [-0.3, -0.25) is 23.2 Å². The van der Waals surface area contributed by atoms with Gasteiger partial charge >= 0.3 is 19.9 Å². The number of imidazole rings is 1. The van der Waals surface area contributed by atoms with E-state index in [9.17, 15) is 35.7 Å². The number of hydrogen-bond acceptors (Lipinski definition) is 9. The number of ether oxygens (including phenoxy) is 1. The summed E-state index contributed by atoms with van der Waals surface area (Å²) in [7, 11) is -4.92. The number of nitrogens with one attached hydrogen (secondary N) is 1. The zero-order valence-electron chi connectivity index (χ0n) is 19.8. The highest BCUT2D eigenvalue weighted by Gasteiger charge is 2.39. The quantitative estimate of drug-likeness (QED) is 0.145. The molecule has 2 rings (SSSR count). The van der Waals surface area contributed by atoms with Crippen molar-refractivity contribution in [1.29, 1.82) is 0 Å². The van der Waals surface area contributed by atoms with Crippen LogP contribution in [0.5, 0.6) is 0 Å². The Hall–Kier alpha value is -2.33. The van der Waals surface area contributed by atoms with Crippen LogP contribution in [-0.2, 0) is 29.7 Å². The molecule has 2 aromatic heterocycles. The molecule has 0 unspecified atom stereocenters. The number of unbranched alkanes of at least 4 members (excludes halogenated alkanes) is 2. The first-order valence-corrected chi connectivity index (χ1v) is 12.7. The Morgan fingerprint density at radius 3 is 2.32 bits per heavy atom. The summed E-state index contributed by atoms with van der Waals surface area (Å²) < 4.78 is 102. The van der Waals surface area contributed by atoms with Crippen LogP contribution >= 0.6 is 7.60 Å². The van der Waals surface area contributed by atoms with Crippen LogP contribution < -0.4 is 5.48 Å². The average molecular weight is 565 g/mol. The van der Waals surface area contributed by atoms with Crippen LogP contribution in [0.1, 0.15) is 43.6 Å². The molecule has 18 heteroatoms. The molecule has 0 fully saturated rings. The maximum Gasteiger partial charge on any atom is 0.412 e. The first-order chi connectivity index (χ1) is 17.2. The van der Waals surface area contributed by atoms with E-state index in [4.69, 9.17) is 9.57 Å². The topological polar surface area (TPSA) is 127 Å². The van der Waals surface area contributed by atoms with Gasteiger partial charge in [0.15, 0.2) is 24.6 Å². The Bertz CT molecular complexity index is 1040. The van der Waals surface area contributed by atoms with E-state index in [0.717, 1.165) is 25.6 Å². The number of carbonyl (C=O) groups excluding carboxylic acids is 1. The van der Waals surface area contributed by atoms with Gasteiger partial charge in [0.1, 0.15) is 18.2 Å². The van der Waals surface area contributed by atoms with Crippen LogP contribution in [0.25, 0.3) is 11.2 Å². The van der Waals surface area contributed by atoms with Crippen molar-refractivity contribution in [2.24, 2.45) is 0 Å². The summed E-state index contributed by atoms with van der Waals surface area (Å²) in [5, 5.41) is 0. The number of carbonyl (C=O) groups is 1. The van der Waals surface area contributed by atoms with E-state index in [1.54, 1.807) is 0 Å². The van der Waals surface area contributed by atoms with Gasteiger partial charge in [-0.25, -0.2) is 20.4 Å². The molecule has 0 saturated carbocycles. The number of aromatic nitrogens is 4. The van der Waals surface area contributed by atoms with Crippen LogP contribution in [0, 0.1) is 0 Å². The predicted molar refractivity (Wildman–Crippen MR) is 115 cm³/mol. The Morgan fingerprint density at radius 1 is 1.08 bits per heavy atom. The number of halogens is 6. The molecular weight excluding hydrogens is 539 g/mol. The SMILES string of the molecule is CCCCCONC(=O)c1ncnc2c1ncn2C[C@@H](C)OCP(=O)(OCC(F)(F)F)OCC(F)(F)F. The number of fused-ring (bicyclic) bond motifs is 1. The number of hydroxylamine groups is 1. The normalized spacial score (nSPS) is 13.7. The van der Waals surface area contributed by atoms with Gasteiger partial charge in [0.05, 0.1) is 25.6 Å². The molecule has 0 aliphatic rings. The third-order valence-electron chi connectivity index (χ3n) is 4.45. The Labute approximate surface area is 207 Å². The number of rotatable bonds is 15. The van der Waals surface area contributed by atoms with Gasteiger partial charge in [-0.05, 0) is 13.3 Å². The molecule has 11 nitrogen and oxygen atoms in total. The molecule has 1 atom stereocenters. The third-order valence-corrected chi connectivity index (χ3v) is 5.96. The van der Waals surface area contributed by atoms with E-state index in [1.165, 1.54) is 17.8 Å². The molecule has 0 bridgehead atoms. The molecule has 0 saturated heterocycles. The van der Waals surface area contributed by atoms with Crippen LogP contribution in [0.4, 0.5) is 26.3 Å². The summed E-state index contributed by atoms with van der Waals surface area (Å²) in [6.45, 7) is -0.531. The van der Waals surface area contributed by atoms with E-state index in [1.807, 2.05) is 6.92 Å². The molecule has 0 radical (unpaired) electrons. The Balaban J connectivity index is 2.03. The standard InChI is InChI=1S/C19H26F6N5O6P/c1-3-4-5-6-34-29-17(31)15-14-16(27-10-26-15)30(11-28-14)7-13(2)33-12-37(32,35-8-18(20,21)22)36-9-19(23,24)25/h10-11,13H,3-9,12H2,1-2H3,(H,29,31)/t13-/m1/s1. The fraction of sp³-hybridized carbons (Fsp3) is 0.684. The summed E-state index contributed by atoms with van der Waals surface area (Å²) >= 11 is 0. The molecule has 0 aliphatic heterocycles. The monoisotopic (exact) mass is 565 g/mol. The molecule has 37 heavy (non-hydrogen) atoms. The van der Waals surface area contributed by atoms with Crippen LogP contribution in [-0.4, -0.2) is 70.1 Å². The van der Waals surface area contributed by atoms with E-state index < -0.39 is 51.5 Å². The van der Waals surface area contributed by atoms with Crippen LogP contribution in [0.3, 0.4) is 0 Å². The maximum atomic E-state index is 12.4. The molecule has 2 aromatic rings. The summed E-state index contributed by atoms with van der Waals surface area (Å²) in [6, 6.07) is 0. The number of nitrogens with zero attached hydrogens (tertiary/aromatic N) is 4. The fourth-order valence-corrected chi connectivity index (χ4v) is 4.12. The van der Waals surface area contributed by atoms with Crippen LogP contribution in [0.15, 0.2) is 12.7 Å². The van der Waals surface area contributed by atoms with Gasteiger partial charge in [0.2, 0.25) is 0 Å². The minimum atomic E-state index is -4.96. The highest BCUT2D eigenvalue weighted by atomic mass is 31.2. The van der Waals surface area contributed by atoms with Gasteiger partial charge in [0.25, 0.3) is 5.91 Å². The molecule has 210 valence electrons. The molecular formula is C19H26F6N5O6P. The summed E-state index contributed by atoms with van der Waals surface area (Å²) in [5.41, 5.74) is 2.47. The zero-order valence-corrected chi connectivity index (χ0v) is 20.7. The van der Waals surface area contributed by atoms with E-state index in [0.29, 0.717) is 6.61 Å². The molecule has 0 spiro atoms. The average Bonchev–Trinajstić information content (AvgIpc) is 3.22. The lowest BCUT2D eigenvalue weighted by Gasteiger charge is -2.22. The number of hydrogen-bond donors (Lipinski definition) is 1. The summed E-state index contributed by atoms with van der Waals surface area (Å²) in [4.78, 5) is 29.5. The molecule has 0 aromatic carbocycles. The van der Waals surface area contributed by atoms with Gasteiger partial charge in [0, 0.05) is 0 Å².